The highest BCUT2D eigenvalue weighted by Gasteiger charge is 2.62. The quantitative estimate of drug-likeness (QED) is 0.467. The molecule has 1 aromatic carbocycles. The molecule has 35 heavy (non-hydrogen) atoms. The molecule has 2 atom stereocenters. The van der Waals surface area contributed by atoms with Crippen LogP contribution in [0.5, 0.6) is 0 Å². The second-order valence-corrected chi connectivity index (χ2v) is 11.8. The Morgan fingerprint density at radius 3 is 2.63 bits per heavy atom. The summed E-state index contributed by atoms with van der Waals surface area (Å²) in [4.78, 5) is 50.5. The van der Waals surface area contributed by atoms with Gasteiger partial charge >= 0.3 is 0 Å². The van der Waals surface area contributed by atoms with E-state index >= 15 is 0 Å². The number of sulfonamides is 1. The van der Waals surface area contributed by atoms with Gasteiger partial charge in [-0.25, -0.2) is 4.68 Å². The first-order chi connectivity index (χ1) is 16.7. The number of amides is 4. The van der Waals surface area contributed by atoms with Crippen molar-refractivity contribution >= 4 is 34.0 Å². The average Bonchev–Trinajstić information content (AvgIpc) is 3.39. The van der Waals surface area contributed by atoms with Crippen molar-refractivity contribution in [3.63, 3.8) is 0 Å². The van der Waals surface area contributed by atoms with Crippen LogP contribution in [-0.2, 0) is 30.7 Å². The van der Waals surface area contributed by atoms with Gasteiger partial charge in [0, 0.05) is 32.2 Å². The first kappa shape index (κ1) is 22.2. The number of piperidine rings is 1. The summed E-state index contributed by atoms with van der Waals surface area (Å²) < 4.78 is 28.2. The van der Waals surface area contributed by atoms with Crippen LogP contribution >= 0.6 is 0 Å². The molecule has 1 N–H and O–H groups in total. The van der Waals surface area contributed by atoms with Crippen LogP contribution in [0.1, 0.15) is 64.9 Å². The van der Waals surface area contributed by atoms with Crippen molar-refractivity contribution in [2.45, 2.75) is 55.9 Å². The fourth-order valence-corrected chi connectivity index (χ4v) is 7.43. The molecule has 3 aliphatic heterocycles. The summed E-state index contributed by atoms with van der Waals surface area (Å²) in [5, 5.41) is 10.4. The lowest BCUT2D eigenvalue weighted by Gasteiger charge is -2.37. The van der Waals surface area contributed by atoms with Gasteiger partial charge in [0.05, 0.1) is 29.6 Å². The Morgan fingerprint density at radius 2 is 1.89 bits per heavy atom. The van der Waals surface area contributed by atoms with Gasteiger partial charge in [-0.05, 0) is 31.0 Å². The molecule has 2 unspecified atom stereocenters. The molecule has 1 saturated carbocycles. The molecule has 0 radical (unpaired) electrons. The van der Waals surface area contributed by atoms with Crippen molar-refractivity contribution in [3.8, 4) is 5.69 Å². The topological polar surface area (TPSA) is 158 Å². The number of rotatable bonds is 4. The molecule has 182 valence electrons. The molecule has 12 nitrogen and oxygen atoms in total. The van der Waals surface area contributed by atoms with Gasteiger partial charge in [-0.15, -0.1) is 9.40 Å². The van der Waals surface area contributed by atoms with Crippen LogP contribution in [-0.4, -0.2) is 69.7 Å². The molecule has 3 fully saturated rings. The van der Waals surface area contributed by atoms with Crippen LogP contribution in [0, 0.1) is 0 Å². The summed E-state index contributed by atoms with van der Waals surface area (Å²) in [6, 6.07) is 3.55. The van der Waals surface area contributed by atoms with Crippen LogP contribution in [0.4, 0.5) is 0 Å². The van der Waals surface area contributed by atoms with Gasteiger partial charge in [-0.3, -0.25) is 29.4 Å². The number of carbonyl (C=O) groups is 4. The summed E-state index contributed by atoms with van der Waals surface area (Å²) in [7, 11) is -3.38. The first-order valence-electron chi connectivity index (χ1n) is 11.5. The second kappa shape index (κ2) is 7.60. The number of hydrogen-bond acceptors (Lipinski definition) is 8. The molecule has 4 amide bonds. The molecule has 0 bridgehead atoms. The van der Waals surface area contributed by atoms with Gasteiger partial charge in [-0.1, -0.05) is 9.42 Å². The number of carbonyl (C=O) groups excluding carboxylic acids is 4. The summed E-state index contributed by atoms with van der Waals surface area (Å²) in [6.45, 7) is 0.568. The lowest BCUT2D eigenvalue weighted by atomic mass is 10.0. The number of nitrogens with one attached hydrogen (secondary N) is 1. The van der Waals surface area contributed by atoms with Crippen LogP contribution < -0.4 is 5.32 Å². The lowest BCUT2D eigenvalue weighted by Crippen LogP contribution is -2.54. The minimum absolute atomic E-state index is 0.0463. The molecule has 2 aromatic rings. The van der Waals surface area contributed by atoms with E-state index < -0.39 is 44.8 Å². The molecule has 1 spiro atoms. The average molecular weight is 499 g/mol. The third-order valence-corrected chi connectivity index (χ3v) is 10.0. The highest BCUT2D eigenvalue weighted by molar-refractivity contribution is 7.97. The van der Waals surface area contributed by atoms with Crippen molar-refractivity contribution in [1.29, 1.82) is 0 Å². The number of fused-ring (bicyclic) bond motifs is 1. The summed E-state index contributed by atoms with van der Waals surface area (Å²) in [5.74, 6) is -2.31. The van der Waals surface area contributed by atoms with Gasteiger partial charge in [0.15, 0.2) is 0 Å². The van der Waals surface area contributed by atoms with E-state index in [9.17, 15) is 27.9 Å². The maximum Gasteiger partial charge on any atom is 0.262 e. The SMILES string of the molecule is O=C1CCC(N2C(=O)c3ccc(-n4cc(CN5CCCC6(CC6)[S+]5(=O)[O-])nn4)cc3C2=O)C(=O)N1. The molecule has 1 aliphatic carbocycles. The Bertz CT molecular complexity index is 1350. The minimum Gasteiger partial charge on any atom is -0.597 e. The van der Waals surface area contributed by atoms with Crippen molar-refractivity contribution in [2.75, 3.05) is 6.54 Å². The minimum atomic E-state index is -3.38. The van der Waals surface area contributed by atoms with E-state index in [1.165, 1.54) is 21.1 Å². The van der Waals surface area contributed by atoms with Gasteiger partial charge in [0.1, 0.15) is 26.9 Å². The Labute approximate surface area is 201 Å². The van der Waals surface area contributed by atoms with E-state index in [2.05, 4.69) is 15.6 Å². The highest BCUT2D eigenvalue weighted by atomic mass is 32.3. The fourth-order valence-electron chi connectivity index (χ4n) is 5.19. The van der Waals surface area contributed by atoms with Crippen LogP contribution in [0.2, 0.25) is 0 Å². The number of imide groups is 2. The van der Waals surface area contributed by atoms with Crippen LogP contribution in [0.15, 0.2) is 24.4 Å². The summed E-state index contributed by atoms with van der Waals surface area (Å²) in [5.41, 5.74) is 1.23. The van der Waals surface area contributed by atoms with Crippen LogP contribution in [0.3, 0.4) is 0 Å². The maximum atomic E-state index is 13.0. The van der Waals surface area contributed by atoms with E-state index in [1.807, 2.05) is 0 Å². The third-order valence-electron chi connectivity index (χ3n) is 7.30. The number of benzene rings is 1. The van der Waals surface area contributed by atoms with E-state index in [0.717, 1.165) is 11.3 Å². The molecule has 4 aliphatic rings. The van der Waals surface area contributed by atoms with Crippen molar-refractivity contribution in [1.82, 2.24) is 29.5 Å². The highest BCUT2D eigenvalue weighted by Crippen LogP contribution is 2.53. The van der Waals surface area contributed by atoms with Gasteiger partial charge in [0.25, 0.3) is 11.8 Å². The zero-order valence-corrected chi connectivity index (χ0v) is 19.5. The van der Waals surface area contributed by atoms with Gasteiger partial charge < -0.3 is 4.55 Å². The van der Waals surface area contributed by atoms with Gasteiger partial charge in [0.2, 0.25) is 11.8 Å². The van der Waals surface area contributed by atoms with Gasteiger partial charge in [-0.2, -0.15) is 0 Å². The van der Waals surface area contributed by atoms with Crippen molar-refractivity contribution in [2.24, 2.45) is 0 Å². The normalized spacial score (nSPS) is 27.9. The Morgan fingerprint density at radius 1 is 1.11 bits per heavy atom. The molecule has 13 heteroatoms. The fraction of sp³-hybridized carbons (Fsp3) is 0.455. The van der Waals surface area contributed by atoms with E-state index in [4.69, 9.17) is 0 Å². The molecule has 6 rings (SSSR count). The van der Waals surface area contributed by atoms with E-state index in [0.29, 0.717) is 37.2 Å². The Balaban J connectivity index is 1.23. The lowest BCUT2D eigenvalue weighted by molar-refractivity contribution is -0.136. The van der Waals surface area contributed by atoms with Crippen molar-refractivity contribution in [3.05, 3.63) is 41.2 Å². The summed E-state index contributed by atoms with van der Waals surface area (Å²) >= 11 is 0. The van der Waals surface area contributed by atoms with E-state index in [-0.39, 0.29) is 30.5 Å². The molecule has 4 heterocycles. The smallest absolute Gasteiger partial charge is 0.262 e. The van der Waals surface area contributed by atoms with Crippen LogP contribution in [0.25, 0.3) is 5.69 Å². The number of hydrogen-bond donors (Lipinski definition) is 1. The predicted octanol–water partition coefficient (Wildman–Crippen LogP) is 0.342. The number of aromatic nitrogens is 3. The predicted molar refractivity (Wildman–Crippen MR) is 118 cm³/mol. The molecule has 2 saturated heterocycles. The Kier molecular flexibility index (Phi) is 4.82. The third kappa shape index (κ3) is 3.37. The molecule has 1 aromatic heterocycles. The number of nitrogens with zero attached hydrogens (tertiary/aromatic N) is 5. The molecular weight excluding hydrogens is 476 g/mol. The Hall–Kier alpha value is -3.29. The second-order valence-electron chi connectivity index (χ2n) is 9.46. The monoisotopic (exact) mass is 498 g/mol. The zero-order valence-electron chi connectivity index (χ0n) is 18.6. The first-order valence-corrected chi connectivity index (χ1v) is 12.9. The standard InChI is InChI=1S/C22H22N6O6S/c29-18-5-4-17(19(30)23-18)28-20(31)15-3-2-14(10-16(15)21(28)32)27-12-13(24-25-27)11-26-9-1-6-22(7-8-22)35(26,33)34/h2-3,10,12,17H,1,4-9,11H2,(H-,23,29,30,33,34). The van der Waals surface area contributed by atoms with Crippen molar-refractivity contribution < 1.29 is 27.9 Å². The van der Waals surface area contributed by atoms with E-state index in [1.54, 1.807) is 12.3 Å². The molecular formula is C22H22N6O6S. The maximum absolute atomic E-state index is 13.0. The summed E-state index contributed by atoms with van der Waals surface area (Å²) in [6.07, 6.45) is 4.66. The largest absolute Gasteiger partial charge is 0.597 e. The zero-order chi connectivity index (χ0) is 24.5.